The molecule has 1 aromatic carbocycles. The van der Waals surface area contributed by atoms with Gasteiger partial charge >= 0.3 is 0 Å². The van der Waals surface area contributed by atoms with Gasteiger partial charge in [-0.2, -0.15) is 0 Å². The summed E-state index contributed by atoms with van der Waals surface area (Å²) >= 11 is 0. The van der Waals surface area contributed by atoms with Gasteiger partial charge in [0.25, 0.3) is 0 Å². The average Bonchev–Trinajstić information content (AvgIpc) is 2.86. The summed E-state index contributed by atoms with van der Waals surface area (Å²) in [5.41, 5.74) is 3.39. The van der Waals surface area contributed by atoms with E-state index in [-0.39, 0.29) is 5.82 Å². The van der Waals surface area contributed by atoms with Gasteiger partial charge in [-0.05, 0) is 48.4 Å². The Morgan fingerprint density at radius 3 is 3.06 bits per heavy atom. The van der Waals surface area contributed by atoms with Crippen molar-refractivity contribution in [3.05, 3.63) is 47.0 Å². The Morgan fingerprint density at radius 1 is 1.41 bits per heavy atom. The van der Waals surface area contributed by atoms with Crippen LogP contribution < -0.4 is 10.6 Å². The number of halogens is 1. The highest BCUT2D eigenvalue weighted by atomic mass is 19.1. The molecular formula is C13H15FN2O. The normalized spacial score (nSPS) is 26.1. The zero-order valence-corrected chi connectivity index (χ0v) is 9.41. The molecule has 0 amide bonds. The number of hydrogen-bond acceptors (Lipinski definition) is 3. The molecule has 90 valence electrons. The molecule has 17 heavy (non-hydrogen) atoms. The summed E-state index contributed by atoms with van der Waals surface area (Å²) in [7, 11) is 0. The highest BCUT2D eigenvalue weighted by molar-refractivity contribution is 5.36. The predicted octanol–water partition coefficient (Wildman–Crippen LogP) is 1.56. The number of rotatable bonds is 2. The number of hydrogen-bond donors (Lipinski definition) is 3. The monoisotopic (exact) mass is 234 g/mol. The van der Waals surface area contributed by atoms with E-state index < -0.39 is 6.35 Å². The molecule has 0 fully saturated rings. The fourth-order valence-electron chi connectivity index (χ4n) is 2.71. The molecule has 0 aromatic heterocycles. The number of aryl methyl sites for hydroxylation is 1. The van der Waals surface area contributed by atoms with Crippen molar-refractivity contribution in [3.8, 4) is 0 Å². The van der Waals surface area contributed by atoms with Gasteiger partial charge in [-0.25, -0.2) is 4.39 Å². The van der Waals surface area contributed by atoms with Gasteiger partial charge in [0.05, 0.1) is 0 Å². The Balaban J connectivity index is 1.76. The molecule has 0 bridgehead atoms. The minimum atomic E-state index is -0.668. The molecule has 1 aromatic rings. The second-order valence-electron chi connectivity index (χ2n) is 4.67. The van der Waals surface area contributed by atoms with E-state index in [1.807, 2.05) is 12.3 Å². The van der Waals surface area contributed by atoms with Crippen molar-refractivity contribution in [1.29, 1.82) is 0 Å². The first-order valence-electron chi connectivity index (χ1n) is 5.90. The fraction of sp³-hybridized carbons (Fsp3) is 0.385. The van der Waals surface area contributed by atoms with E-state index in [1.165, 1.54) is 11.6 Å². The average molecular weight is 234 g/mol. The van der Waals surface area contributed by atoms with Crippen molar-refractivity contribution in [1.82, 2.24) is 10.6 Å². The molecule has 0 radical (unpaired) electrons. The van der Waals surface area contributed by atoms with Gasteiger partial charge in [0, 0.05) is 11.9 Å². The van der Waals surface area contributed by atoms with Crippen LogP contribution in [-0.4, -0.2) is 11.5 Å². The number of allylic oxidation sites excluding steroid dienone is 1. The molecule has 0 saturated heterocycles. The van der Waals surface area contributed by atoms with E-state index in [4.69, 9.17) is 0 Å². The third kappa shape index (κ3) is 2.00. The molecule has 3 rings (SSSR count). The lowest BCUT2D eigenvalue weighted by atomic mass is 9.96. The highest BCUT2D eigenvalue weighted by Crippen LogP contribution is 2.37. The molecule has 1 aliphatic carbocycles. The summed E-state index contributed by atoms with van der Waals surface area (Å²) < 4.78 is 13.1. The lowest BCUT2D eigenvalue weighted by molar-refractivity contribution is 0.140. The van der Waals surface area contributed by atoms with Crippen LogP contribution in [0.5, 0.6) is 0 Å². The molecule has 3 N–H and O–H groups in total. The summed E-state index contributed by atoms with van der Waals surface area (Å²) in [6.45, 7) is 0. The molecule has 2 aliphatic rings. The van der Waals surface area contributed by atoms with Gasteiger partial charge in [0.15, 0.2) is 0 Å². The topological polar surface area (TPSA) is 44.3 Å². The quantitative estimate of drug-likeness (QED) is 0.727. The zero-order valence-electron chi connectivity index (χ0n) is 9.41. The van der Waals surface area contributed by atoms with Crippen LogP contribution in [0, 0.1) is 5.82 Å². The summed E-state index contributed by atoms with van der Waals surface area (Å²) in [6.07, 6.45) is 4.00. The standard InChI is InChI=1S/C13H15FN2O/c14-10-3-4-12-8(5-10)1-2-9(12)6-11-7-15-13(17)16-11/h3-5,7,9,13,15-17H,1-2,6H2/t9-,13?/m1/s1. The molecule has 1 heterocycles. The minimum Gasteiger partial charge on any atom is -0.357 e. The van der Waals surface area contributed by atoms with Crippen molar-refractivity contribution in [2.24, 2.45) is 0 Å². The van der Waals surface area contributed by atoms with E-state index in [2.05, 4.69) is 10.6 Å². The molecule has 1 aliphatic heterocycles. The zero-order chi connectivity index (χ0) is 11.8. The summed E-state index contributed by atoms with van der Waals surface area (Å²) in [6, 6.07) is 5.06. The smallest absolute Gasteiger partial charge is 0.202 e. The Labute approximate surface area is 99.3 Å². The first kappa shape index (κ1) is 10.6. The van der Waals surface area contributed by atoms with Gasteiger partial charge < -0.3 is 15.7 Å². The first-order chi connectivity index (χ1) is 8.22. The SMILES string of the molecule is OC1NC=C(C[C@H]2CCc3cc(F)ccc32)N1. The van der Waals surface area contributed by atoms with Gasteiger partial charge in [0.1, 0.15) is 5.82 Å². The lowest BCUT2D eigenvalue weighted by Gasteiger charge is -2.13. The van der Waals surface area contributed by atoms with Crippen molar-refractivity contribution >= 4 is 0 Å². The van der Waals surface area contributed by atoms with E-state index in [0.717, 1.165) is 30.5 Å². The van der Waals surface area contributed by atoms with Crippen LogP contribution in [0.15, 0.2) is 30.1 Å². The molecule has 3 nitrogen and oxygen atoms in total. The Hall–Kier alpha value is -1.55. The van der Waals surface area contributed by atoms with E-state index in [1.54, 1.807) is 6.07 Å². The van der Waals surface area contributed by atoms with Gasteiger partial charge in [-0.15, -0.1) is 0 Å². The van der Waals surface area contributed by atoms with Gasteiger partial charge in [-0.1, -0.05) is 6.07 Å². The van der Waals surface area contributed by atoms with E-state index in [0.29, 0.717) is 5.92 Å². The number of nitrogens with one attached hydrogen (secondary N) is 2. The van der Waals surface area contributed by atoms with Crippen LogP contribution in [0.3, 0.4) is 0 Å². The number of aliphatic hydroxyl groups is 1. The predicted molar refractivity (Wildman–Crippen MR) is 62.4 cm³/mol. The molecular weight excluding hydrogens is 219 g/mol. The Kier molecular flexibility index (Phi) is 2.52. The number of fused-ring (bicyclic) bond motifs is 1. The maximum absolute atomic E-state index is 13.1. The number of aliphatic hydroxyl groups excluding tert-OH is 1. The Morgan fingerprint density at radius 2 is 2.29 bits per heavy atom. The van der Waals surface area contributed by atoms with Crippen molar-refractivity contribution < 1.29 is 9.50 Å². The van der Waals surface area contributed by atoms with Crippen molar-refractivity contribution in [3.63, 3.8) is 0 Å². The fourth-order valence-corrected chi connectivity index (χ4v) is 2.71. The Bertz CT molecular complexity index is 472. The van der Waals surface area contributed by atoms with E-state index in [9.17, 15) is 9.50 Å². The minimum absolute atomic E-state index is 0.153. The third-order valence-electron chi connectivity index (χ3n) is 3.51. The van der Waals surface area contributed by atoms with Crippen LogP contribution in [0.2, 0.25) is 0 Å². The first-order valence-corrected chi connectivity index (χ1v) is 5.90. The molecule has 2 atom stereocenters. The maximum atomic E-state index is 13.1. The summed E-state index contributed by atoms with van der Waals surface area (Å²) in [5.74, 6) is 0.274. The van der Waals surface area contributed by atoms with Crippen LogP contribution in [-0.2, 0) is 6.42 Å². The van der Waals surface area contributed by atoms with Gasteiger partial charge in [0.2, 0.25) is 6.35 Å². The van der Waals surface area contributed by atoms with Crippen LogP contribution >= 0.6 is 0 Å². The van der Waals surface area contributed by atoms with Crippen LogP contribution in [0.4, 0.5) is 4.39 Å². The van der Waals surface area contributed by atoms with Gasteiger partial charge in [-0.3, -0.25) is 0 Å². The third-order valence-corrected chi connectivity index (χ3v) is 3.51. The summed E-state index contributed by atoms with van der Waals surface area (Å²) in [4.78, 5) is 0. The van der Waals surface area contributed by atoms with Crippen molar-refractivity contribution in [2.75, 3.05) is 0 Å². The molecule has 4 heteroatoms. The second-order valence-corrected chi connectivity index (χ2v) is 4.67. The van der Waals surface area contributed by atoms with E-state index >= 15 is 0 Å². The molecule has 0 saturated carbocycles. The molecule has 1 unspecified atom stereocenters. The largest absolute Gasteiger partial charge is 0.357 e. The lowest BCUT2D eigenvalue weighted by Crippen LogP contribution is -2.31. The molecule has 0 spiro atoms. The number of benzene rings is 1. The highest BCUT2D eigenvalue weighted by Gasteiger charge is 2.25. The van der Waals surface area contributed by atoms with Crippen LogP contribution in [0.25, 0.3) is 0 Å². The van der Waals surface area contributed by atoms with Crippen molar-refractivity contribution in [2.45, 2.75) is 31.5 Å². The summed E-state index contributed by atoms with van der Waals surface area (Å²) in [5, 5.41) is 15.0. The second kappa shape index (κ2) is 4.04. The van der Waals surface area contributed by atoms with Crippen LogP contribution in [0.1, 0.15) is 29.9 Å². The maximum Gasteiger partial charge on any atom is 0.202 e.